The van der Waals surface area contributed by atoms with Crippen molar-refractivity contribution in [3.8, 4) is 11.5 Å². The molecule has 0 spiro atoms. The Morgan fingerprint density at radius 3 is 2.56 bits per heavy atom. The third kappa shape index (κ3) is 3.65. The van der Waals surface area contributed by atoms with Gasteiger partial charge in [0.1, 0.15) is 11.0 Å². The molecule has 0 radical (unpaired) electrons. The van der Waals surface area contributed by atoms with E-state index in [1.54, 1.807) is 6.07 Å². The van der Waals surface area contributed by atoms with Crippen LogP contribution in [-0.2, 0) is 19.9 Å². The molecule has 1 N–H and O–H groups in total. The maximum Gasteiger partial charge on any atom is 0.231 e. The summed E-state index contributed by atoms with van der Waals surface area (Å²) in [6, 6.07) is 7.31. The zero-order valence-corrected chi connectivity index (χ0v) is 15.0. The van der Waals surface area contributed by atoms with Crippen molar-refractivity contribution in [3.05, 3.63) is 42.4 Å². The predicted octanol–water partition coefficient (Wildman–Crippen LogP) is 1.46. The number of fused-ring (bicyclic) bond motifs is 1. The van der Waals surface area contributed by atoms with E-state index >= 15 is 0 Å². The molecule has 0 unspecified atom stereocenters. The maximum atomic E-state index is 13.0. The standard InChI is InChI=1S/C15H17NO7S2/c1-2-24(17,18)16-9-15(13-4-3-7-21-13)25(19,20)11-5-6-12-14(8-11)23-10-22-12/h3-8,15-16H,2,9-10H2,1H3/t15-/m1/s1. The van der Waals surface area contributed by atoms with Crippen LogP contribution in [0, 0.1) is 0 Å². The number of hydrogen-bond donors (Lipinski definition) is 1. The molecule has 2 heterocycles. The first kappa shape index (κ1) is 17.8. The second kappa shape index (κ2) is 6.70. The van der Waals surface area contributed by atoms with Gasteiger partial charge < -0.3 is 13.9 Å². The number of sulfone groups is 1. The number of sulfonamides is 1. The molecule has 10 heteroatoms. The minimum absolute atomic E-state index is 0.00570. The number of rotatable bonds is 7. The lowest BCUT2D eigenvalue weighted by molar-refractivity contribution is 0.174. The SMILES string of the molecule is CCS(=O)(=O)NC[C@H](c1ccco1)S(=O)(=O)c1ccc2c(c1)OCO2. The van der Waals surface area contributed by atoms with Crippen LogP contribution in [-0.4, -0.2) is 35.9 Å². The Kier molecular flexibility index (Phi) is 4.76. The highest BCUT2D eigenvalue weighted by Crippen LogP contribution is 2.37. The molecule has 3 rings (SSSR count). The normalized spacial score (nSPS) is 15.2. The van der Waals surface area contributed by atoms with E-state index < -0.39 is 25.1 Å². The van der Waals surface area contributed by atoms with Crippen molar-refractivity contribution >= 4 is 19.9 Å². The fourth-order valence-corrected chi connectivity index (χ4v) is 4.69. The van der Waals surface area contributed by atoms with Crippen molar-refractivity contribution in [1.29, 1.82) is 0 Å². The molecule has 1 aliphatic rings. The monoisotopic (exact) mass is 387 g/mol. The van der Waals surface area contributed by atoms with Crippen LogP contribution >= 0.6 is 0 Å². The van der Waals surface area contributed by atoms with Crippen LogP contribution in [0.15, 0.2) is 45.9 Å². The number of ether oxygens (including phenoxy) is 2. The van der Waals surface area contributed by atoms with Crippen molar-refractivity contribution in [2.24, 2.45) is 0 Å². The molecule has 0 bridgehead atoms. The van der Waals surface area contributed by atoms with Gasteiger partial charge in [0, 0.05) is 12.6 Å². The second-order valence-corrected chi connectivity index (χ2v) is 9.54. The smallest absolute Gasteiger partial charge is 0.231 e. The highest BCUT2D eigenvalue weighted by atomic mass is 32.2. The van der Waals surface area contributed by atoms with Gasteiger partial charge in [0.15, 0.2) is 21.3 Å². The van der Waals surface area contributed by atoms with Gasteiger partial charge in [-0.3, -0.25) is 0 Å². The molecule has 0 fully saturated rings. The predicted molar refractivity (Wildman–Crippen MR) is 88.7 cm³/mol. The zero-order chi connectivity index (χ0) is 18.1. The first-order valence-corrected chi connectivity index (χ1v) is 10.7. The summed E-state index contributed by atoms with van der Waals surface area (Å²) in [4.78, 5) is -0.00570. The van der Waals surface area contributed by atoms with Crippen molar-refractivity contribution in [2.45, 2.75) is 17.1 Å². The van der Waals surface area contributed by atoms with Crippen LogP contribution in [0.3, 0.4) is 0 Å². The Bertz CT molecular complexity index is 950. The summed E-state index contributed by atoms with van der Waals surface area (Å²) >= 11 is 0. The molecule has 0 saturated heterocycles. The number of furan rings is 1. The van der Waals surface area contributed by atoms with E-state index in [4.69, 9.17) is 13.9 Å². The van der Waals surface area contributed by atoms with Gasteiger partial charge in [-0.15, -0.1) is 0 Å². The highest BCUT2D eigenvalue weighted by molar-refractivity contribution is 7.92. The molecule has 1 aromatic carbocycles. The van der Waals surface area contributed by atoms with Gasteiger partial charge in [0.2, 0.25) is 16.8 Å². The van der Waals surface area contributed by atoms with Crippen LogP contribution in [0.2, 0.25) is 0 Å². The first-order valence-electron chi connectivity index (χ1n) is 7.48. The zero-order valence-electron chi connectivity index (χ0n) is 13.3. The Morgan fingerprint density at radius 2 is 1.88 bits per heavy atom. The van der Waals surface area contributed by atoms with Crippen LogP contribution < -0.4 is 14.2 Å². The molecule has 0 saturated carbocycles. The molecule has 136 valence electrons. The van der Waals surface area contributed by atoms with Crippen molar-refractivity contribution in [1.82, 2.24) is 4.72 Å². The summed E-state index contributed by atoms with van der Waals surface area (Å²) in [7, 11) is -7.49. The van der Waals surface area contributed by atoms with Crippen molar-refractivity contribution < 1.29 is 30.7 Å². The fourth-order valence-electron chi connectivity index (χ4n) is 2.36. The van der Waals surface area contributed by atoms with Gasteiger partial charge in [0.05, 0.1) is 16.9 Å². The van der Waals surface area contributed by atoms with E-state index in [0.717, 1.165) is 0 Å². The molecular formula is C15H17NO7S2. The molecule has 2 aromatic rings. The van der Waals surface area contributed by atoms with Gasteiger partial charge in [-0.2, -0.15) is 0 Å². The van der Waals surface area contributed by atoms with Crippen LogP contribution in [0.25, 0.3) is 0 Å². The van der Waals surface area contributed by atoms with Gasteiger partial charge in [-0.25, -0.2) is 21.6 Å². The molecule has 0 aliphatic carbocycles. The molecule has 1 atom stereocenters. The van der Waals surface area contributed by atoms with Crippen molar-refractivity contribution in [3.63, 3.8) is 0 Å². The van der Waals surface area contributed by atoms with Crippen LogP contribution in [0.1, 0.15) is 17.9 Å². The molecule has 25 heavy (non-hydrogen) atoms. The van der Waals surface area contributed by atoms with Crippen LogP contribution in [0.5, 0.6) is 11.5 Å². The average Bonchev–Trinajstić information content (AvgIpc) is 3.25. The Morgan fingerprint density at radius 1 is 1.12 bits per heavy atom. The van der Waals surface area contributed by atoms with E-state index in [1.807, 2.05) is 0 Å². The average molecular weight is 387 g/mol. The minimum atomic E-state index is -3.93. The molecule has 1 aromatic heterocycles. The summed E-state index contributed by atoms with van der Waals surface area (Å²) in [5, 5.41) is -1.20. The molecule has 1 aliphatic heterocycles. The number of nitrogens with one attached hydrogen (secondary N) is 1. The van der Waals surface area contributed by atoms with E-state index in [-0.39, 0.29) is 29.7 Å². The maximum absolute atomic E-state index is 13.0. The quantitative estimate of drug-likeness (QED) is 0.765. The lowest BCUT2D eigenvalue weighted by Gasteiger charge is -2.16. The van der Waals surface area contributed by atoms with Gasteiger partial charge in [-0.05, 0) is 31.2 Å². The Balaban J connectivity index is 1.97. The second-order valence-electron chi connectivity index (χ2n) is 5.32. The lowest BCUT2D eigenvalue weighted by atomic mass is 10.3. The third-order valence-corrected chi connectivity index (χ3v) is 7.20. The Hall–Kier alpha value is -2.04. The van der Waals surface area contributed by atoms with E-state index in [1.165, 1.54) is 37.5 Å². The molecule has 0 amide bonds. The van der Waals surface area contributed by atoms with Gasteiger partial charge >= 0.3 is 0 Å². The van der Waals surface area contributed by atoms with Crippen molar-refractivity contribution in [2.75, 3.05) is 19.1 Å². The fraction of sp³-hybridized carbons (Fsp3) is 0.333. The molecular weight excluding hydrogens is 370 g/mol. The highest BCUT2D eigenvalue weighted by Gasteiger charge is 2.33. The summed E-state index contributed by atoms with van der Waals surface area (Å²) < 4.78 is 67.4. The molecule has 8 nitrogen and oxygen atoms in total. The summed E-state index contributed by atoms with van der Waals surface area (Å²) in [5.41, 5.74) is 0. The third-order valence-electron chi connectivity index (χ3n) is 3.78. The van der Waals surface area contributed by atoms with E-state index in [0.29, 0.717) is 11.5 Å². The van der Waals surface area contributed by atoms with Gasteiger partial charge in [0.25, 0.3) is 0 Å². The summed E-state index contributed by atoms with van der Waals surface area (Å²) in [5.74, 6) is 0.784. The summed E-state index contributed by atoms with van der Waals surface area (Å²) in [6.07, 6.45) is 1.34. The van der Waals surface area contributed by atoms with E-state index in [2.05, 4.69) is 4.72 Å². The number of benzene rings is 1. The Labute approximate surface area is 145 Å². The van der Waals surface area contributed by atoms with Gasteiger partial charge in [-0.1, -0.05) is 0 Å². The van der Waals surface area contributed by atoms with E-state index in [9.17, 15) is 16.8 Å². The first-order chi connectivity index (χ1) is 11.8. The minimum Gasteiger partial charge on any atom is -0.468 e. The largest absolute Gasteiger partial charge is 0.468 e. The number of hydrogen-bond acceptors (Lipinski definition) is 7. The van der Waals surface area contributed by atoms with Crippen LogP contribution in [0.4, 0.5) is 0 Å². The topological polar surface area (TPSA) is 112 Å². The summed E-state index contributed by atoms with van der Waals surface area (Å²) in [6.45, 7) is 1.16. The lowest BCUT2D eigenvalue weighted by Crippen LogP contribution is -2.32.